The van der Waals surface area contributed by atoms with Crippen molar-refractivity contribution in [2.24, 2.45) is 17.1 Å². The van der Waals surface area contributed by atoms with Crippen LogP contribution < -0.4 is 5.73 Å². The Kier molecular flexibility index (Phi) is 3.91. The molecule has 1 saturated carbocycles. The number of carbonyl (C=O) groups excluding carboxylic acids is 1. The molecule has 1 aliphatic rings. The van der Waals surface area contributed by atoms with Crippen LogP contribution in [0.3, 0.4) is 0 Å². The van der Waals surface area contributed by atoms with Crippen molar-refractivity contribution in [2.45, 2.75) is 26.7 Å². The summed E-state index contributed by atoms with van der Waals surface area (Å²) in [5.41, 5.74) is 4.85. The third kappa shape index (κ3) is 3.48. The minimum atomic E-state index is -0.971. The Labute approximate surface area is 95.6 Å². The molecule has 0 aliphatic heterocycles. The molecule has 0 saturated heterocycles. The van der Waals surface area contributed by atoms with Gasteiger partial charge in [0, 0.05) is 13.1 Å². The first kappa shape index (κ1) is 13.0. The Morgan fingerprint density at radius 2 is 2.00 bits per heavy atom. The highest BCUT2D eigenvalue weighted by molar-refractivity contribution is 5.85. The van der Waals surface area contributed by atoms with Gasteiger partial charge in [0.25, 0.3) is 0 Å². The van der Waals surface area contributed by atoms with Gasteiger partial charge >= 0.3 is 5.97 Å². The van der Waals surface area contributed by atoms with Crippen LogP contribution in [-0.4, -0.2) is 41.5 Å². The normalized spacial score (nSPS) is 15.9. The van der Waals surface area contributed by atoms with Crippen molar-refractivity contribution in [3.63, 3.8) is 0 Å². The summed E-state index contributed by atoms with van der Waals surface area (Å²) in [7, 11) is 0. The van der Waals surface area contributed by atoms with E-state index < -0.39 is 11.4 Å². The Morgan fingerprint density at radius 3 is 2.38 bits per heavy atom. The van der Waals surface area contributed by atoms with Gasteiger partial charge in [0.15, 0.2) is 0 Å². The first-order valence-electron chi connectivity index (χ1n) is 5.58. The second-order valence-electron chi connectivity index (χ2n) is 5.11. The molecule has 1 amide bonds. The maximum absolute atomic E-state index is 12.1. The van der Waals surface area contributed by atoms with Gasteiger partial charge in [-0.15, -0.1) is 0 Å². The lowest BCUT2D eigenvalue weighted by Crippen LogP contribution is -2.47. The monoisotopic (exact) mass is 228 g/mol. The zero-order chi connectivity index (χ0) is 12.3. The summed E-state index contributed by atoms with van der Waals surface area (Å²) < 4.78 is 0. The summed E-state index contributed by atoms with van der Waals surface area (Å²) in [6.07, 6.45) is 2.18. The molecule has 0 heterocycles. The Morgan fingerprint density at radius 1 is 1.44 bits per heavy atom. The van der Waals surface area contributed by atoms with Crippen LogP contribution in [-0.2, 0) is 9.59 Å². The smallest absolute Gasteiger partial charge is 0.323 e. The van der Waals surface area contributed by atoms with Crippen LogP contribution in [0.4, 0.5) is 0 Å². The number of carboxylic acids is 1. The highest BCUT2D eigenvalue weighted by atomic mass is 16.4. The Bertz CT molecular complexity index is 285. The van der Waals surface area contributed by atoms with E-state index in [1.165, 1.54) is 4.90 Å². The molecule has 3 N–H and O–H groups in total. The molecule has 0 bridgehead atoms. The predicted molar refractivity (Wildman–Crippen MR) is 59.8 cm³/mol. The van der Waals surface area contributed by atoms with Crippen molar-refractivity contribution in [1.29, 1.82) is 0 Å². The largest absolute Gasteiger partial charge is 0.480 e. The molecule has 0 atom stereocenters. The van der Waals surface area contributed by atoms with Gasteiger partial charge in [0.2, 0.25) is 5.91 Å². The Hall–Kier alpha value is -1.10. The SMILES string of the molecule is CC(C)(CN)C(=O)N(CC(=O)O)CC1CC1. The van der Waals surface area contributed by atoms with E-state index in [0.29, 0.717) is 12.5 Å². The molecule has 0 aromatic carbocycles. The van der Waals surface area contributed by atoms with Crippen molar-refractivity contribution in [1.82, 2.24) is 4.90 Å². The van der Waals surface area contributed by atoms with Gasteiger partial charge < -0.3 is 15.7 Å². The quantitative estimate of drug-likeness (QED) is 0.684. The standard InChI is InChI=1S/C11H20N2O3/c1-11(2,7-12)10(16)13(6-9(14)15)5-8-3-4-8/h8H,3-7,12H2,1-2H3,(H,14,15). The molecule has 0 spiro atoms. The predicted octanol–water partition coefficient (Wildman–Crippen LogP) is 0.294. The first-order valence-corrected chi connectivity index (χ1v) is 5.58. The molecule has 92 valence electrons. The number of aliphatic carboxylic acids is 1. The fraction of sp³-hybridized carbons (Fsp3) is 0.818. The van der Waals surface area contributed by atoms with Crippen molar-refractivity contribution < 1.29 is 14.7 Å². The molecule has 1 rings (SSSR count). The summed E-state index contributed by atoms with van der Waals surface area (Å²) in [6.45, 7) is 4.05. The van der Waals surface area contributed by atoms with E-state index in [2.05, 4.69) is 0 Å². The van der Waals surface area contributed by atoms with Crippen LogP contribution >= 0.6 is 0 Å². The minimum absolute atomic E-state index is 0.163. The van der Waals surface area contributed by atoms with Crippen LogP contribution in [0.25, 0.3) is 0 Å². The fourth-order valence-corrected chi connectivity index (χ4v) is 1.51. The van der Waals surface area contributed by atoms with Crippen LogP contribution in [0.5, 0.6) is 0 Å². The van der Waals surface area contributed by atoms with E-state index in [9.17, 15) is 9.59 Å². The number of nitrogens with zero attached hydrogens (tertiary/aromatic N) is 1. The lowest BCUT2D eigenvalue weighted by molar-refractivity contribution is -0.148. The van der Waals surface area contributed by atoms with Gasteiger partial charge in [-0.3, -0.25) is 9.59 Å². The number of carboxylic acid groups (broad SMARTS) is 1. The zero-order valence-electron chi connectivity index (χ0n) is 9.90. The summed E-state index contributed by atoms with van der Waals surface area (Å²) in [6, 6.07) is 0. The van der Waals surface area contributed by atoms with E-state index in [1.54, 1.807) is 13.8 Å². The third-order valence-corrected chi connectivity index (χ3v) is 2.88. The van der Waals surface area contributed by atoms with Gasteiger partial charge in [-0.2, -0.15) is 0 Å². The molecule has 0 aromatic rings. The molecule has 5 heteroatoms. The fourth-order valence-electron chi connectivity index (χ4n) is 1.51. The maximum atomic E-state index is 12.1. The molecule has 0 unspecified atom stereocenters. The maximum Gasteiger partial charge on any atom is 0.323 e. The van der Waals surface area contributed by atoms with Crippen molar-refractivity contribution in [3.05, 3.63) is 0 Å². The number of amides is 1. The summed E-state index contributed by atoms with van der Waals surface area (Å²) in [4.78, 5) is 24.2. The number of carbonyl (C=O) groups is 2. The van der Waals surface area contributed by atoms with E-state index in [0.717, 1.165) is 12.8 Å². The van der Waals surface area contributed by atoms with Crippen molar-refractivity contribution >= 4 is 11.9 Å². The molecular formula is C11H20N2O3. The van der Waals surface area contributed by atoms with E-state index >= 15 is 0 Å². The second-order valence-corrected chi connectivity index (χ2v) is 5.11. The van der Waals surface area contributed by atoms with Gasteiger partial charge in [-0.1, -0.05) is 0 Å². The topological polar surface area (TPSA) is 83.6 Å². The van der Waals surface area contributed by atoms with Crippen LogP contribution in [0, 0.1) is 11.3 Å². The molecule has 16 heavy (non-hydrogen) atoms. The third-order valence-electron chi connectivity index (χ3n) is 2.88. The zero-order valence-corrected chi connectivity index (χ0v) is 9.90. The average molecular weight is 228 g/mol. The van der Waals surface area contributed by atoms with Gasteiger partial charge in [0.1, 0.15) is 6.54 Å². The lowest BCUT2D eigenvalue weighted by Gasteiger charge is -2.30. The van der Waals surface area contributed by atoms with Crippen LogP contribution in [0.2, 0.25) is 0 Å². The highest BCUT2D eigenvalue weighted by Crippen LogP contribution is 2.31. The molecule has 0 radical (unpaired) electrons. The van der Waals surface area contributed by atoms with Gasteiger partial charge in [-0.05, 0) is 32.6 Å². The van der Waals surface area contributed by atoms with Crippen molar-refractivity contribution in [2.75, 3.05) is 19.6 Å². The van der Waals surface area contributed by atoms with Gasteiger partial charge in [-0.25, -0.2) is 0 Å². The molecule has 1 fully saturated rings. The minimum Gasteiger partial charge on any atom is -0.480 e. The van der Waals surface area contributed by atoms with Crippen molar-refractivity contribution in [3.8, 4) is 0 Å². The molecular weight excluding hydrogens is 208 g/mol. The number of rotatable bonds is 6. The molecule has 0 aromatic heterocycles. The van der Waals surface area contributed by atoms with Gasteiger partial charge in [0.05, 0.1) is 5.41 Å². The van der Waals surface area contributed by atoms with E-state index in [4.69, 9.17) is 10.8 Å². The number of hydrogen-bond acceptors (Lipinski definition) is 3. The number of nitrogens with two attached hydrogens (primary N) is 1. The number of hydrogen-bond donors (Lipinski definition) is 2. The van der Waals surface area contributed by atoms with Crippen LogP contribution in [0.1, 0.15) is 26.7 Å². The first-order chi connectivity index (χ1) is 7.36. The highest BCUT2D eigenvalue weighted by Gasteiger charge is 2.34. The molecule has 5 nitrogen and oxygen atoms in total. The lowest BCUT2D eigenvalue weighted by atomic mass is 9.91. The summed E-state index contributed by atoms with van der Waals surface area (Å²) >= 11 is 0. The van der Waals surface area contributed by atoms with E-state index in [-0.39, 0.29) is 19.0 Å². The Balaban J connectivity index is 2.65. The summed E-state index contributed by atoms with van der Waals surface area (Å²) in [5.74, 6) is -0.650. The molecule has 1 aliphatic carbocycles. The second kappa shape index (κ2) is 4.82. The average Bonchev–Trinajstić information content (AvgIpc) is 2.99. The van der Waals surface area contributed by atoms with Crippen LogP contribution in [0.15, 0.2) is 0 Å². The van der Waals surface area contributed by atoms with E-state index in [1.807, 2.05) is 0 Å². The summed E-state index contributed by atoms with van der Waals surface area (Å²) in [5, 5.41) is 8.78.